The summed E-state index contributed by atoms with van der Waals surface area (Å²) in [7, 11) is 0. The lowest BCUT2D eigenvalue weighted by atomic mass is 10.2. The number of carbonyl (C=O) groups excluding carboxylic acids is 1. The first kappa shape index (κ1) is 18.1. The van der Waals surface area contributed by atoms with Gasteiger partial charge in [0, 0.05) is 10.4 Å². The maximum absolute atomic E-state index is 12.9. The first-order valence-electron chi connectivity index (χ1n) is 8.24. The normalized spacial score (nSPS) is 11.8. The van der Waals surface area contributed by atoms with E-state index in [-0.39, 0.29) is 11.7 Å². The van der Waals surface area contributed by atoms with Crippen molar-refractivity contribution in [3.63, 3.8) is 0 Å². The van der Waals surface area contributed by atoms with Crippen molar-refractivity contribution in [3.8, 4) is 16.3 Å². The monoisotopic (exact) mass is 370 g/mol. The molecule has 1 N–H and O–H groups in total. The second-order valence-electron chi connectivity index (χ2n) is 5.83. The minimum absolute atomic E-state index is 0.233. The summed E-state index contributed by atoms with van der Waals surface area (Å²) in [6.45, 7) is 3.99. The summed E-state index contributed by atoms with van der Waals surface area (Å²) in [5.41, 5.74) is 1.97. The molecule has 0 aliphatic heterocycles. The maximum atomic E-state index is 12.9. The van der Waals surface area contributed by atoms with E-state index in [0.717, 1.165) is 21.1 Å². The molecule has 1 unspecified atom stereocenters. The highest BCUT2D eigenvalue weighted by atomic mass is 32.1. The highest BCUT2D eigenvalue weighted by Crippen LogP contribution is 2.27. The van der Waals surface area contributed by atoms with E-state index < -0.39 is 6.10 Å². The van der Waals surface area contributed by atoms with Crippen molar-refractivity contribution < 1.29 is 13.9 Å². The zero-order chi connectivity index (χ0) is 18.5. The molecule has 1 aromatic heterocycles. The first-order chi connectivity index (χ1) is 12.5. The van der Waals surface area contributed by atoms with E-state index in [2.05, 4.69) is 10.3 Å². The van der Waals surface area contributed by atoms with Gasteiger partial charge in [-0.2, -0.15) is 0 Å². The summed E-state index contributed by atoms with van der Waals surface area (Å²) >= 11 is 1.56. The quantitative estimate of drug-likeness (QED) is 0.702. The molecule has 26 heavy (non-hydrogen) atoms. The van der Waals surface area contributed by atoms with Crippen molar-refractivity contribution in [2.75, 3.05) is 0 Å². The zero-order valence-corrected chi connectivity index (χ0v) is 15.3. The molecule has 0 aliphatic carbocycles. The summed E-state index contributed by atoms with van der Waals surface area (Å²) in [5.74, 6) is -0.123. The van der Waals surface area contributed by atoms with Crippen LogP contribution in [0.25, 0.3) is 10.6 Å². The third kappa shape index (κ3) is 4.46. The van der Waals surface area contributed by atoms with Gasteiger partial charge < -0.3 is 10.1 Å². The molecule has 0 saturated heterocycles. The summed E-state index contributed by atoms with van der Waals surface area (Å²) < 4.78 is 18.4. The van der Waals surface area contributed by atoms with Gasteiger partial charge in [-0.25, -0.2) is 9.37 Å². The molecule has 1 heterocycles. The summed E-state index contributed by atoms with van der Waals surface area (Å²) in [5, 5.41) is 3.80. The van der Waals surface area contributed by atoms with Crippen molar-refractivity contribution in [1.29, 1.82) is 0 Å². The van der Waals surface area contributed by atoms with Gasteiger partial charge in [0.25, 0.3) is 5.91 Å². The number of halogens is 1. The average molecular weight is 370 g/mol. The molecule has 6 heteroatoms. The smallest absolute Gasteiger partial charge is 0.261 e. The molecule has 3 rings (SSSR count). The van der Waals surface area contributed by atoms with E-state index in [1.165, 1.54) is 24.3 Å². The number of ether oxygens (including phenoxy) is 1. The second-order valence-corrected chi connectivity index (χ2v) is 6.91. The van der Waals surface area contributed by atoms with Crippen molar-refractivity contribution in [3.05, 3.63) is 71.0 Å². The summed E-state index contributed by atoms with van der Waals surface area (Å²) in [4.78, 5) is 17.8. The lowest BCUT2D eigenvalue weighted by Crippen LogP contribution is -2.35. The third-order valence-electron chi connectivity index (χ3n) is 3.83. The fourth-order valence-corrected chi connectivity index (χ4v) is 3.39. The molecule has 0 saturated carbocycles. The van der Waals surface area contributed by atoms with Crippen LogP contribution in [0.3, 0.4) is 0 Å². The molecule has 1 atom stereocenters. The summed E-state index contributed by atoms with van der Waals surface area (Å²) in [6.07, 6.45) is -0.678. The molecule has 0 bridgehead atoms. The summed E-state index contributed by atoms with van der Waals surface area (Å²) in [6, 6.07) is 15.5. The lowest BCUT2D eigenvalue weighted by molar-refractivity contribution is -0.127. The number of aryl methyl sites for hydroxylation is 1. The van der Waals surface area contributed by atoms with Crippen LogP contribution in [0.1, 0.15) is 17.5 Å². The van der Waals surface area contributed by atoms with E-state index in [1.54, 1.807) is 18.3 Å². The number of hydrogen-bond acceptors (Lipinski definition) is 4. The standard InChI is InChI=1S/C20H19FN2O2S/c1-13-18(26-20(23-13)15-6-4-3-5-7-15)12-22-19(24)14(2)25-17-10-8-16(21)9-11-17/h3-11,14H,12H2,1-2H3,(H,22,24). The van der Waals surface area contributed by atoms with E-state index in [0.29, 0.717) is 12.3 Å². The molecule has 0 aliphatic rings. The van der Waals surface area contributed by atoms with Gasteiger partial charge in [0.15, 0.2) is 6.10 Å². The van der Waals surface area contributed by atoms with Crippen LogP contribution in [0.15, 0.2) is 54.6 Å². The number of thiazole rings is 1. The Labute approximate surface area is 155 Å². The molecule has 2 aromatic carbocycles. The van der Waals surface area contributed by atoms with Gasteiger partial charge in [0.05, 0.1) is 12.2 Å². The first-order valence-corrected chi connectivity index (χ1v) is 9.06. The zero-order valence-electron chi connectivity index (χ0n) is 14.5. The van der Waals surface area contributed by atoms with Crippen LogP contribution >= 0.6 is 11.3 Å². The van der Waals surface area contributed by atoms with Crippen molar-refractivity contribution in [2.45, 2.75) is 26.5 Å². The molecule has 0 spiro atoms. The van der Waals surface area contributed by atoms with Crippen LogP contribution in [-0.4, -0.2) is 17.0 Å². The fraction of sp³-hybridized carbons (Fsp3) is 0.200. The minimum atomic E-state index is -0.678. The Kier molecular flexibility index (Phi) is 5.63. The predicted octanol–water partition coefficient (Wildman–Crippen LogP) is 4.34. The number of benzene rings is 2. The second kappa shape index (κ2) is 8.10. The average Bonchev–Trinajstić information content (AvgIpc) is 3.03. The fourth-order valence-electron chi connectivity index (χ4n) is 2.38. The predicted molar refractivity (Wildman–Crippen MR) is 101 cm³/mol. The Morgan fingerprint density at radius 3 is 2.58 bits per heavy atom. The van der Waals surface area contributed by atoms with Gasteiger partial charge in [0.1, 0.15) is 16.6 Å². The SMILES string of the molecule is Cc1nc(-c2ccccc2)sc1CNC(=O)C(C)Oc1ccc(F)cc1. The highest BCUT2D eigenvalue weighted by molar-refractivity contribution is 7.15. The van der Waals surface area contributed by atoms with Gasteiger partial charge in [-0.3, -0.25) is 4.79 Å². The Hall–Kier alpha value is -2.73. The number of rotatable bonds is 6. The molecule has 0 fully saturated rings. The number of carbonyl (C=O) groups is 1. The molecule has 0 radical (unpaired) electrons. The van der Waals surface area contributed by atoms with Crippen LogP contribution in [0.4, 0.5) is 4.39 Å². The lowest BCUT2D eigenvalue weighted by Gasteiger charge is -2.14. The van der Waals surface area contributed by atoms with Crippen LogP contribution < -0.4 is 10.1 Å². The van der Waals surface area contributed by atoms with Gasteiger partial charge in [0.2, 0.25) is 0 Å². The van der Waals surface area contributed by atoms with Gasteiger partial charge in [-0.05, 0) is 38.1 Å². The van der Waals surface area contributed by atoms with E-state index in [1.807, 2.05) is 37.3 Å². The van der Waals surface area contributed by atoms with Crippen molar-refractivity contribution >= 4 is 17.2 Å². The molecule has 4 nitrogen and oxygen atoms in total. The van der Waals surface area contributed by atoms with E-state index in [4.69, 9.17) is 4.74 Å². The molecule has 134 valence electrons. The maximum Gasteiger partial charge on any atom is 0.261 e. The number of aromatic nitrogens is 1. The van der Waals surface area contributed by atoms with E-state index >= 15 is 0 Å². The third-order valence-corrected chi connectivity index (χ3v) is 5.04. The molecule has 3 aromatic rings. The largest absolute Gasteiger partial charge is 0.481 e. The van der Waals surface area contributed by atoms with Crippen LogP contribution in [0.2, 0.25) is 0 Å². The van der Waals surface area contributed by atoms with Crippen LogP contribution in [0, 0.1) is 12.7 Å². The Balaban J connectivity index is 1.59. The van der Waals surface area contributed by atoms with Crippen molar-refractivity contribution in [1.82, 2.24) is 10.3 Å². The Morgan fingerprint density at radius 1 is 1.19 bits per heavy atom. The van der Waals surface area contributed by atoms with E-state index in [9.17, 15) is 9.18 Å². The van der Waals surface area contributed by atoms with Gasteiger partial charge in [-0.1, -0.05) is 30.3 Å². The molecular weight excluding hydrogens is 351 g/mol. The number of nitrogens with zero attached hydrogens (tertiary/aromatic N) is 1. The Morgan fingerprint density at radius 2 is 1.88 bits per heavy atom. The molecular formula is C20H19FN2O2S. The minimum Gasteiger partial charge on any atom is -0.481 e. The van der Waals surface area contributed by atoms with Crippen LogP contribution in [-0.2, 0) is 11.3 Å². The number of nitrogens with one attached hydrogen (secondary N) is 1. The van der Waals surface area contributed by atoms with Crippen molar-refractivity contribution in [2.24, 2.45) is 0 Å². The number of hydrogen-bond donors (Lipinski definition) is 1. The van der Waals surface area contributed by atoms with Crippen LogP contribution in [0.5, 0.6) is 5.75 Å². The highest BCUT2D eigenvalue weighted by Gasteiger charge is 2.16. The Bertz CT molecular complexity index is 879. The van der Waals surface area contributed by atoms with Gasteiger partial charge in [-0.15, -0.1) is 11.3 Å². The topological polar surface area (TPSA) is 51.2 Å². The number of amides is 1. The van der Waals surface area contributed by atoms with Gasteiger partial charge >= 0.3 is 0 Å². The molecule has 1 amide bonds.